The summed E-state index contributed by atoms with van der Waals surface area (Å²) in [5.41, 5.74) is 8.51. The van der Waals surface area contributed by atoms with E-state index in [1.54, 1.807) is 6.07 Å². The van der Waals surface area contributed by atoms with Crippen molar-refractivity contribution < 1.29 is 4.79 Å². The molecular formula is C13H16N2O. The summed E-state index contributed by atoms with van der Waals surface area (Å²) >= 11 is 0. The second-order valence-electron chi connectivity index (χ2n) is 4.26. The summed E-state index contributed by atoms with van der Waals surface area (Å²) < 4.78 is 0. The zero-order valence-electron chi connectivity index (χ0n) is 9.36. The van der Waals surface area contributed by atoms with E-state index in [-0.39, 0.29) is 17.7 Å². The Morgan fingerprint density at radius 1 is 1.56 bits per heavy atom. The number of allylic oxidation sites excluding steroid dienone is 1. The van der Waals surface area contributed by atoms with E-state index in [1.165, 1.54) is 0 Å². The number of anilines is 2. The monoisotopic (exact) mass is 216 g/mol. The molecule has 1 heterocycles. The lowest BCUT2D eigenvalue weighted by Crippen LogP contribution is -2.31. The van der Waals surface area contributed by atoms with Crippen molar-refractivity contribution in [3.8, 4) is 0 Å². The lowest BCUT2D eigenvalue weighted by molar-refractivity contribution is -0.120. The molecule has 0 aromatic heterocycles. The van der Waals surface area contributed by atoms with Gasteiger partial charge >= 0.3 is 0 Å². The predicted octanol–water partition coefficient (Wildman–Crippen LogP) is 2.52. The number of rotatable bonds is 2. The second-order valence-corrected chi connectivity index (χ2v) is 4.26. The van der Waals surface area contributed by atoms with E-state index in [1.807, 2.05) is 25.1 Å². The molecule has 0 saturated carbocycles. The quantitative estimate of drug-likeness (QED) is 0.589. The molecule has 3 N–H and O–H groups in total. The summed E-state index contributed by atoms with van der Waals surface area (Å²) in [7, 11) is 0. The van der Waals surface area contributed by atoms with E-state index in [4.69, 9.17) is 5.73 Å². The number of fused-ring (bicyclic) bond motifs is 1. The van der Waals surface area contributed by atoms with Crippen LogP contribution in [-0.4, -0.2) is 5.91 Å². The van der Waals surface area contributed by atoms with Gasteiger partial charge in [-0.1, -0.05) is 13.0 Å². The smallest absolute Gasteiger partial charge is 0.227 e. The normalized spacial score (nSPS) is 23.4. The third-order valence-corrected chi connectivity index (χ3v) is 3.17. The molecule has 3 nitrogen and oxygen atoms in total. The van der Waals surface area contributed by atoms with Crippen LogP contribution in [0.5, 0.6) is 0 Å². The number of hydrogen-bond acceptors (Lipinski definition) is 2. The van der Waals surface area contributed by atoms with E-state index in [0.717, 1.165) is 23.4 Å². The van der Waals surface area contributed by atoms with Crippen LogP contribution < -0.4 is 11.1 Å². The van der Waals surface area contributed by atoms with Gasteiger partial charge in [0, 0.05) is 23.2 Å². The number of carbonyl (C=O) groups is 1. The van der Waals surface area contributed by atoms with Crippen LogP contribution in [0.15, 0.2) is 30.9 Å². The van der Waals surface area contributed by atoms with Crippen molar-refractivity contribution in [2.75, 3.05) is 11.1 Å². The van der Waals surface area contributed by atoms with E-state index in [2.05, 4.69) is 11.9 Å². The Morgan fingerprint density at radius 3 is 3.00 bits per heavy atom. The molecule has 1 aromatic rings. The molecule has 0 saturated heterocycles. The van der Waals surface area contributed by atoms with Crippen LogP contribution in [0.2, 0.25) is 0 Å². The van der Waals surface area contributed by atoms with Crippen molar-refractivity contribution in [3.63, 3.8) is 0 Å². The second kappa shape index (κ2) is 4.00. The highest BCUT2D eigenvalue weighted by molar-refractivity contribution is 5.96. The van der Waals surface area contributed by atoms with Crippen molar-refractivity contribution in [2.24, 2.45) is 5.92 Å². The van der Waals surface area contributed by atoms with Gasteiger partial charge in [0.15, 0.2) is 0 Å². The van der Waals surface area contributed by atoms with Crippen molar-refractivity contribution in [1.82, 2.24) is 0 Å². The lowest BCUT2D eigenvalue weighted by atomic mass is 9.80. The predicted molar refractivity (Wildman–Crippen MR) is 66.2 cm³/mol. The fourth-order valence-electron chi connectivity index (χ4n) is 2.21. The van der Waals surface area contributed by atoms with Crippen LogP contribution in [0.25, 0.3) is 0 Å². The number of nitrogens with one attached hydrogen (secondary N) is 1. The Labute approximate surface area is 95.3 Å². The van der Waals surface area contributed by atoms with E-state index in [9.17, 15) is 4.79 Å². The van der Waals surface area contributed by atoms with Gasteiger partial charge in [-0.3, -0.25) is 4.79 Å². The Kier molecular flexibility index (Phi) is 2.69. The van der Waals surface area contributed by atoms with Crippen LogP contribution in [0.1, 0.15) is 24.8 Å². The van der Waals surface area contributed by atoms with E-state index >= 15 is 0 Å². The van der Waals surface area contributed by atoms with Gasteiger partial charge in [-0.25, -0.2) is 0 Å². The summed E-state index contributed by atoms with van der Waals surface area (Å²) in [5.74, 6) is 0.223. The lowest BCUT2D eigenvalue weighted by Gasteiger charge is -2.30. The Balaban J connectivity index is 2.48. The summed E-state index contributed by atoms with van der Waals surface area (Å²) in [5, 5.41) is 2.90. The molecule has 1 aliphatic heterocycles. The maximum Gasteiger partial charge on any atom is 0.227 e. The Bertz CT molecular complexity index is 440. The van der Waals surface area contributed by atoms with Gasteiger partial charge in [-0.15, -0.1) is 6.58 Å². The number of nitrogens with two attached hydrogens (primary N) is 1. The van der Waals surface area contributed by atoms with Crippen molar-refractivity contribution >= 4 is 17.3 Å². The van der Waals surface area contributed by atoms with Crippen LogP contribution in [0.3, 0.4) is 0 Å². The van der Waals surface area contributed by atoms with Gasteiger partial charge in [-0.05, 0) is 30.2 Å². The van der Waals surface area contributed by atoms with Gasteiger partial charge < -0.3 is 11.1 Å². The highest BCUT2D eigenvalue weighted by Gasteiger charge is 2.31. The molecule has 1 aromatic carbocycles. The molecule has 0 spiro atoms. The molecule has 84 valence electrons. The Morgan fingerprint density at radius 2 is 2.31 bits per heavy atom. The number of amides is 1. The summed E-state index contributed by atoms with van der Waals surface area (Å²) in [6.07, 6.45) is 2.65. The first-order valence-electron chi connectivity index (χ1n) is 5.44. The molecule has 1 aliphatic rings. The van der Waals surface area contributed by atoms with Crippen molar-refractivity contribution in [2.45, 2.75) is 19.3 Å². The number of hydrogen-bond donors (Lipinski definition) is 2. The molecule has 0 radical (unpaired) electrons. The first-order chi connectivity index (χ1) is 7.63. The van der Waals surface area contributed by atoms with Gasteiger partial charge in [0.2, 0.25) is 5.91 Å². The average Bonchev–Trinajstić information content (AvgIpc) is 2.26. The van der Waals surface area contributed by atoms with Gasteiger partial charge in [0.25, 0.3) is 0 Å². The first kappa shape index (κ1) is 10.7. The minimum Gasteiger partial charge on any atom is -0.399 e. The Hall–Kier alpha value is -1.77. The zero-order chi connectivity index (χ0) is 11.7. The number of carbonyl (C=O) groups excluding carboxylic acids is 1. The summed E-state index contributed by atoms with van der Waals surface area (Å²) in [4.78, 5) is 11.8. The molecule has 2 unspecified atom stereocenters. The fourth-order valence-corrected chi connectivity index (χ4v) is 2.21. The molecule has 2 rings (SSSR count). The molecule has 2 atom stereocenters. The van der Waals surface area contributed by atoms with Gasteiger partial charge in [-0.2, -0.15) is 0 Å². The highest BCUT2D eigenvalue weighted by Crippen LogP contribution is 2.39. The third kappa shape index (κ3) is 1.69. The van der Waals surface area contributed by atoms with Crippen LogP contribution in [0.4, 0.5) is 11.4 Å². The molecule has 1 amide bonds. The van der Waals surface area contributed by atoms with Crippen molar-refractivity contribution in [1.29, 1.82) is 0 Å². The molecule has 3 heteroatoms. The number of benzene rings is 1. The minimum absolute atomic E-state index is 0.0349. The fraction of sp³-hybridized carbons (Fsp3) is 0.308. The topological polar surface area (TPSA) is 55.1 Å². The maximum atomic E-state index is 11.8. The van der Waals surface area contributed by atoms with Gasteiger partial charge in [0.1, 0.15) is 0 Å². The standard InChI is InChI=1S/C13H16N2O/c1-3-4-10-8(2)13(16)15-12-6-5-9(14)7-11(10)12/h3,5-8,10H,1,4,14H2,2H3,(H,15,16). The van der Waals surface area contributed by atoms with Crippen LogP contribution in [0, 0.1) is 5.92 Å². The van der Waals surface area contributed by atoms with Gasteiger partial charge in [0.05, 0.1) is 0 Å². The molecular weight excluding hydrogens is 200 g/mol. The van der Waals surface area contributed by atoms with Crippen molar-refractivity contribution in [3.05, 3.63) is 36.4 Å². The molecule has 0 aliphatic carbocycles. The largest absolute Gasteiger partial charge is 0.399 e. The third-order valence-electron chi connectivity index (χ3n) is 3.17. The van der Waals surface area contributed by atoms with Crippen LogP contribution in [-0.2, 0) is 4.79 Å². The maximum absolute atomic E-state index is 11.8. The highest BCUT2D eigenvalue weighted by atomic mass is 16.1. The molecule has 0 bridgehead atoms. The number of nitrogen functional groups attached to an aromatic ring is 1. The van der Waals surface area contributed by atoms with Crippen LogP contribution >= 0.6 is 0 Å². The molecule has 16 heavy (non-hydrogen) atoms. The molecule has 0 fully saturated rings. The zero-order valence-corrected chi connectivity index (χ0v) is 9.36. The van der Waals surface area contributed by atoms with E-state index < -0.39 is 0 Å². The summed E-state index contributed by atoms with van der Waals surface area (Å²) in [6.45, 7) is 5.69. The first-order valence-corrected chi connectivity index (χ1v) is 5.44. The summed E-state index contributed by atoms with van der Waals surface area (Å²) in [6, 6.07) is 5.62. The SMILES string of the molecule is C=CCC1c2cc(N)ccc2NC(=O)C1C. The van der Waals surface area contributed by atoms with E-state index in [0.29, 0.717) is 0 Å². The average molecular weight is 216 g/mol. The minimum atomic E-state index is -0.0349.